The molecule has 2 heteroatoms. The molecular formula is C20H21N2+. The van der Waals surface area contributed by atoms with E-state index < -0.39 is 0 Å². The molecule has 3 aromatic rings. The van der Waals surface area contributed by atoms with Gasteiger partial charge in [-0.25, -0.2) is 4.98 Å². The van der Waals surface area contributed by atoms with Crippen LogP contribution in [0, 0.1) is 20.8 Å². The molecule has 0 radical (unpaired) electrons. The standard InChI is InChI=1S/C20H21N2/c1-15-11-16(2)20(17(3)12-15)19-14-22(10-9-21-19)13-18-7-5-4-6-8-18/h4-12,14H,13H2,1-3H3/q+1. The Kier molecular flexibility index (Phi) is 4.01. The minimum absolute atomic E-state index is 0.861. The molecular weight excluding hydrogens is 268 g/mol. The second-order valence-corrected chi connectivity index (χ2v) is 5.87. The van der Waals surface area contributed by atoms with E-state index >= 15 is 0 Å². The highest BCUT2D eigenvalue weighted by Crippen LogP contribution is 2.25. The molecule has 110 valence electrons. The number of rotatable bonds is 3. The lowest BCUT2D eigenvalue weighted by atomic mass is 9.97. The zero-order valence-corrected chi connectivity index (χ0v) is 13.4. The van der Waals surface area contributed by atoms with Crippen LogP contribution in [0.25, 0.3) is 11.3 Å². The van der Waals surface area contributed by atoms with Crippen molar-refractivity contribution in [1.82, 2.24) is 4.98 Å². The molecule has 0 aliphatic carbocycles. The molecule has 22 heavy (non-hydrogen) atoms. The van der Waals surface area contributed by atoms with Gasteiger partial charge < -0.3 is 0 Å². The van der Waals surface area contributed by atoms with E-state index in [4.69, 9.17) is 0 Å². The van der Waals surface area contributed by atoms with Gasteiger partial charge in [-0.2, -0.15) is 4.57 Å². The number of hydrogen-bond donors (Lipinski definition) is 0. The average Bonchev–Trinajstić information content (AvgIpc) is 2.47. The molecule has 1 heterocycles. The van der Waals surface area contributed by atoms with E-state index in [2.05, 4.69) is 72.9 Å². The van der Waals surface area contributed by atoms with Gasteiger partial charge in [0.15, 0.2) is 18.9 Å². The highest BCUT2D eigenvalue weighted by Gasteiger charge is 2.12. The fourth-order valence-corrected chi connectivity index (χ4v) is 3.04. The van der Waals surface area contributed by atoms with E-state index in [1.807, 2.05) is 18.5 Å². The van der Waals surface area contributed by atoms with Gasteiger partial charge in [-0.3, -0.25) is 0 Å². The number of hydrogen-bond acceptors (Lipinski definition) is 1. The number of aryl methyl sites for hydroxylation is 3. The fourth-order valence-electron chi connectivity index (χ4n) is 3.04. The summed E-state index contributed by atoms with van der Waals surface area (Å²) in [7, 11) is 0. The summed E-state index contributed by atoms with van der Waals surface area (Å²) in [5.41, 5.74) is 7.43. The fraction of sp³-hybridized carbons (Fsp3) is 0.200. The zero-order valence-electron chi connectivity index (χ0n) is 13.4. The van der Waals surface area contributed by atoms with Gasteiger partial charge in [-0.05, 0) is 31.9 Å². The van der Waals surface area contributed by atoms with E-state index in [9.17, 15) is 0 Å². The Bertz CT molecular complexity index is 769. The zero-order chi connectivity index (χ0) is 15.5. The summed E-state index contributed by atoms with van der Waals surface area (Å²) < 4.78 is 2.19. The summed E-state index contributed by atoms with van der Waals surface area (Å²) in [6.45, 7) is 7.31. The Balaban J connectivity index is 1.98. The summed E-state index contributed by atoms with van der Waals surface area (Å²) in [6.07, 6.45) is 6.05. The molecule has 0 saturated carbocycles. The summed E-state index contributed by atoms with van der Waals surface area (Å²) in [5.74, 6) is 0. The molecule has 0 saturated heterocycles. The monoisotopic (exact) mass is 289 g/mol. The minimum atomic E-state index is 0.861. The molecule has 0 spiro atoms. The van der Waals surface area contributed by atoms with Gasteiger partial charge in [-0.1, -0.05) is 48.0 Å². The normalized spacial score (nSPS) is 10.7. The molecule has 0 N–H and O–H groups in total. The number of benzene rings is 2. The van der Waals surface area contributed by atoms with Crippen molar-refractivity contribution in [2.75, 3.05) is 0 Å². The van der Waals surface area contributed by atoms with Crippen molar-refractivity contribution in [2.24, 2.45) is 0 Å². The quantitative estimate of drug-likeness (QED) is 0.666. The van der Waals surface area contributed by atoms with Crippen LogP contribution in [-0.4, -0.2) is 4.98 Å². The molecule has 2 nitrogen and oxygen atoms in total. The maximum Gasteiger partial charge on any atom is 0.195 e. The first-order chi connectivity index (χ1) is 10.6. The van der Waals surface area contributed by atoms with Gasteiger partial charge in [-0.15, -0.1) is 0 Å². The lowest BCUT2D eigenvalue weighted by Crippen LogP contribution is -2.33. The molecule has 0 unspecified atom stereocenters. The van der Waals surface area contributed by atoms with E-state index in [1.54, 1.807) is 0 Å². The summed E-state index contributed by atoms with van der Waals surface area (Å²) in [6, 6.07) is 14.9. The van der Waals surface area contributed by atoms with E-state index in [1.165, 1.54) is 27.8 Å². The lowest BCUT2D eigenvalue weighted by Gasteiger charge is -2.09. The van der Waals surface area contributed by atoms with Crippen molar-refractivity contribution >= 4 is 0 Å². The third-order valence-corrected chi connectivity index (χ3v) is 3.90. The maximum atomic E-state index is 4.58. The van der Waals surface area contributed by atoms with E-state index in [0.29, 0.717) is 0 Å². The Labute approximate surface area is 132 Å². The lowest BCUT2D eigenvalue weighted by molar-refractivity contribution is -0.688. The Morgan fingerprint density at radius 3 is 2.32 bits per heavy atom. The molecule has 0 atom stereocenters. The Morgan fingerprint density at radius 2 is 1.64 bits per heavy atom. The molecule has 0 amide bonds. The van der Waals surface area contributed by atoms with Crippen LogP contribution in [0.2, 0.25) is 0 Å². The smallest absolute Gasteiger partial charge is 0.195 e. The molecule has 0 fully saturated rings. The van der Waals surface area contributed by atoms with Gasteiger partial charge in [0, 0.05) is 11.1 Å². The van der Waals surface area contributed by atoms with Crippen molar-refractivity contribution in [3.63, 3.8) is 0 Å². The third kappa shape index (κ3) is 3.06. The second-order valence-electron chi connectivity index (χ2n) is 5.87. The second kappa shape index (κ2) is 6.10. The van der Waals surface area contributed by atoms with Crippen LogP contribution in [0.5, 0.6) is 0 Å². The van der Waals surface area contributed by atoms with Crippen LogP contribution in [-0.2, 0) is 6.54 Å². The SMILES string of the molecule is Cc1cc(C)c(-c2c[n+](Cc3ccccc3)ccn2)c(C)c1. The number of nitrogens with zero attached hydrogens (tertiary/aromatic N) is 2. The maximum absolute atomic E-state index is 4.58. The minimum Gasteiger partial charge on any atom is -0.244 e. The van der Waals surface area contributed by atoms with Gasteiger partial charge in [0.25, 0.3) is 0 Å². The van der Waals surface area contributed by atoms with Crippen molar-refractivity contribution in [3.8, 4) is 11.3 Å². The molecule has 0 aliphatic heterocycles. The van der Waals surface area contributed by atoms with Crippen LogP contribution in [0.15, 0.2) is 61.1 Å². The molecule has 3 rings (SSSR count). The van der Waals surface area contributed by atoms with Crippen LogP contribution >= 0.6 is 0 Å². The van der Waals surface area contributed by atoms with Gasteiger partial charge in [0.05, 0.1) is 6.20 Å². The Morgan fingerprint density at radius 1 is 0.955 bits per heavy atom. The van der Waals surface area contributed by atoms with Gasteiger partial charge in [0.1, 0.15) is 5.69 Å². The first kappa shape index (κ1) is 14.5. The predicted molar refractivity (Wildman–Crippen MR) is 89.6 cm³/mol. The largest absolute Gasteiger partial charge is 0.244 e. The van der Waals surface area contributed by atoms with Crippen molar-refractivity contribution < 1.29 is 4.57 Å². The third-order valence-electron chi connectivity index (χ3n) is 3.90. The summed E-state index contributed by atoms with van der Waals surface area (Å²) in [5, 5.41) is 0. The molecule has 0 bridgehead atoms. The van der Waals surface area contributed by atoms with Crippen LogP contribution in [0.3, 0.4) is 0 Å². The predicted octanol–water partition coefficient (Wildman–Crippen LogP) is 4.01. The highest BCUT2D eigenvalue weighted by molar-refractivity contribution is 5.66. The summed E-state index contributed by atoms with van der Waals surface area (Å²) in [4.78, 5) is 4.58. The van der Waals surface area contributed by atoms with Gasteiger partial charge >= 0.3 is 0 Å². The van der Waals surface area contributed by atoms with Crippen molar-refractivity contribution in [1.29, 1.82) is 0 Å². The topological polar surface area (TPSA) is 16.8 Å². The average molecular weight is 289 g/mol. The molecule has 1 aromatic heterocycles. The van der Waals surface area contributed by atoms with E-state index in [-0.39, 0.29) is 0 Å². The van der Waals surface area contributed by atoms with Crippen LogP contribution in [0.4, 0.5) is 0 Å². The molecule has 0 aliphatic rings. The number of aromatic nitrogens is 2. The first-order valence-corrected chi connectivity index (χ1v) is 7.61. The van der Waals surface area contributed by atoms with Gasteiger partial charge in [0.2, 0.25) is 0 Å². The highest BCUT2D eigenvalue weighted by atomic mass is 15.0. The Hall–Kier alpha value is -2.48. The molecule has 2 aromatic carbocycles. The van der Waals surface area contributed by atoms with Crippen LogP contribution < -0.4 is 4.57 Å². The van der Waals surface area contributed by atoms with E-state index in [0.717, 1.165) is 12.2 Å². The summed E-state index contributed by atoms with van der Waals surface area (Å²) >= 11 is 0. The van der Waals surface area contributed by atoms with Crippen LogP contribution in [0.1, 0.15) is 22.3 Å². The first-order valence-electron chi connectivity index (χ1n) is 7.61. The van der Waals surface area contributed by atoms with Crippen molar-refractivity contribution in [2.45, 2.75) is 27.3 Å². The van der Waals surface area contributed by atoms with Crippen molar-refractivity contribution in [3.05, 3.63) is 83.3 Å².